The first kappa shape index (κ1) is 16.3. The molecule has 0 aromatic carbocycles. The van der Waals surface area contributed by atoms with E-state index in [9.17, 15) is 4.79 Å². The Morgan fingerprint density at radius 3 is 2.59 bits per heavy atom. The second-order valence-electron chi connectivity index (χ2n) is 9.22. The van der Waals surface area contributed by atoms with Crippen molar-refractivity contribution in [2.75, 3.05) is 0 Å². The molecule has 0 amide bonds. The molecule has 0 bridgehead atoms. The van der Waals surface area contributed by atoms with Gasteiger partial charge in [-0.15, -0.1) is 0 Å². The van der Waals surface area contributed by atoms with Crippen LogP contribution in [0.5, 0.6) is 0 Å². The second kappa shape index (κ2) is 5.49. The maximum Gasteiger partial charge on any atom is 0.120 e. The monoisotopic (exact) mass is 302 g/mol. The molecule has 0 N–H and O–H groups in total. The zero-order chi connectivity index (χ0) is 16.1. The first-order valence-electron chi connectivity index (χ1n) is 9.46. The van der Waals surface area contributed by atoms with Crippen LogP contribution < -0.4 is 0 Å². The molecule has 0 spiro atoms. The molecule has 0 aromatic heterocycles. The summed E-state index contributed by atoms with van der Waals surface area (Å²) in [6, 6.07) is 0. The molecule has 22 heavy (non-hydrogen) atoms. The Labute approximate surface area is 136 Å². The number of hydrogen-bond acceptors (Lipinski definition) is 1. The zero-order valence-corrected chi connectivity index (χ0v) is 15.0. The topological polar surface area (TPSA) is 17.1 Å². The molecule has 124 valence electrons. The molecule has 0 radical (unpaired) electrons. The molecule has 1 heteroatoms. The molecule has 3 rings (SSSR count). The minimum Gasteiger partial charge on any atom is -0.303 e. The Bertz CT molecular complexity index is 467. The van der Waals surface area contributed by atoms with Crippen LogP contribution >= 0.6 is 0 Å². The molecule has 0 saturated heterocycles. The summed E-state index contributed by atoms with van der Waals surface area (Å²) in [6.45, 7) is 14.4. The molecule has 1 nitrogen and oxygen atoms in total. The molecule has 7 unspecified atom stereocenters. The summed E-state index contributed by atoms with van der Waals surface area (Å²) in [5, 5.41) is 0. The van der Waals surface area contributed by atoms with E-state index in [0.29, 0.717) is 11.8 Å². The van der Waals surface area contributed by atoms with Crippen LogP contribution in [-0.4, -0.2) is 6.29 Å². The molecular formula is C21H34O. The van der Waals surface area contributed by atoms with E-state index < -0.39 is 0 Å². The Balaban J connectivity index is 1.94. The van der Waals surface area contributed by atoms with Crippen LogP contribution in [0.2, 0.25) is 0 Å². The lowest BCUT2D eigenvalue weighted by molar-refractivity contribution is -0.109. The third kappa shape index (κ3) is 2.14. The van der Waals surface area contributed by atoms with Gasteiger partial charge in [-0.2, -0.15) is 0 Å². The normalized spacial score (nSPS) is 51.3. The van der Waals surface area contributed by atoms with Gasteiger partial charge in [0.25, 0.3) is 0 Å². The summed E-state index contributed by atoms with van der Waals surface area (Å²) in [5.41, 5.74) is 2.20. The lowest BCUT2D eigenvalue weighted by Gasteiger charge is -2.59. The standard InChI is InChI=1S/C21H34O/c1-14-13-16(3)20(4,10-6-12-22)18-9-11-21(5)15(2)7-8-17(21)19(14)18/h12,14-15,17-19H,3,6-11,13H2,1-2,4-5H3. The highest BCUT2D eigenvalue weighted by Crippen LogP contribution is 2.66. The van der Waals surface area contributed by atoms with Crippen molar-refractivity contribution in [1.29, 1.82) is 0 Å². The van der Waals surface area contributed by atoms with Crippen LogP contribution in [0, 0.1) is 40.4 Å². The molecule has 3 aliphatic rings. The summed E-state index contributed by atoms with van der Waals surface area (Å²) in [4.78, 5) is 11.0. The number of aldehydes is 1. The summed E-state index contributed by atoms with van der Waals surface area (Å²) in [6.07, 6.45) is 9.58. The van der Waals surface area contributed by atoms with Crippen molar-refractivity contribution in [3.05, 3.63) is 12.2 Å². The van der Waals surface area contributed by atoms with Gasteiger partial charge < -0.3 is 4.79 Å². The van der Waals surface area contributed by atoms with Crippen molar-refractivity contribution in [3.63, 3.8) is 0 Å². The van der Waals surface area contributed by atoms with E-state index in [1.165, 1.54) is 37.7 Å². The maximum atomic E-state index is 11.0. The predicted octanol–water partition coefficient (Wildman–Crippen LogP) is 5.65. The van der Waals surface area contributed by atoms with Crippen LogP contribution in [0.25, 0.3) is 0 Å². The summed E-state index contributed by atoms with van der Waals surface area (Å²) in [5.74, 6) is 4.17. The minimum atomic E-state index is 0.200. The number of allylic oxidation sites excluding steroid dienone is 1. The largest absolute Gasteiger partial charge is 0.303 e. The Kier molecular flexibility index (Phi) is 4.06. The number of rotatable bonds is 3. The SMILES string of the molecule is C=C1CC(C)C2C(CCC3(C)C(C)CCC23)C1(C)CCC=O. The van der Waals surface area contributed by atoms with E-state index in [0.717, 1.165) is 42.3 Å². The van der Waals surface area contributed by atoms with Crippen LogP contribution in [0.3, 0.4) is 0 Å². The molecule has 0 heterocycles. The van der Waals surface area contributed by atoms with Crippen molar-refractivity contribution >= 4 is 6.29 Å². The first-order valence-corrected chi connectivity index (χ1v) is 9.46. The van der Waals surface area contributed by atoms with Crippen LogP contribution in [0.4, 0.5) is 0 Å². The van der Waals surface area contributed by atoms with Crippen LogP contribution in [-0.2, 0) is 4.79 Å². The average Bonchev–Trinajstić information content (AvgIpc) is 2.78. The lowest BCUT2D eigenvalue weighted by Crippen LogP contribution is -2.52. The van der Waals surface area contributed by atoms with Gasteiger partial charge in [-0.25, -0.2) is 0 Å². The minimum absolute atomic E-state index is 0.200. The summed E-state index contributed by atoms with van der Waals surface area (Å²) < 4.78 is 0. The Morgan fingerprint density at radius 1 is 1.18 bits per heavy atom. The van der Waals surface area contributed by atoms with Gasteiger partial charge in [0.2, 0.25) is 0 Å². The van der Waals surface area contributed by atoms with Crippen molar-refractivity contribution < 1.29 is 4.79 Å². The molecule has 0 aliphatic heterocycles. The third-order valence-corrected chi connectivity index (χ3v) is 8.44. The molecule has 0 aromatic rings. The Hall–Kier alpha value is -0.590. The summed E-state index contributed by atoms with van der Waals surface area (Å²) in [7, 11) is 0. The van der Waals surface area contributed by atoms with E-state index in [-0.39, 0.29) is 5.41 Å². The van der Waals surface area contributed by atoms with E-state index in [1.54, 1.807) is 0 Å². The summed E-state index contributed by atoms with van der Waals surface area (Å²) >= 11 is 0. The van der Waals surface area contributed by atoms with Gasteiger partial charge in [0, 0.05) is 6.42 Å². The highest BCUT2D eigenvalue weighted by atomic mass is 16.1. The van der Waals surface area contributed by atoms with Gasteiger partial charge in [0.15, 0.2) is 0 Å². The Morgan fingerprint density at radius 2 is 1.91 bits per heavy atom. The average molecular weight is 303 g/mol. The number of fused-ring (bicyclic) bond motifs is 3. The zero-order valence-electron chi connectivity index (χ0n) is 15.0. The van der Waals surface area contributed by atoms with Gasteiger partial charge >= 0.3 is 0 Å². The predicted molar refractivity (Wildman–Crippen MR) is 92.5 cm³/mol. The highest BCUT2D eigenvalue weighted by molar-refractivity contribution is 5.49. The third-order valence-electron chi connectivity index (χ3n) is 8.44. The fourth-order valence-corrected chi connectivity index (χ4v) is 6.74. The van der Waals surface area contributed by atoms with Gasteiger partial charge in [-0.1, -0.05) is 39.8 Å². The smallest absolute Gasteiger partial charge is 0.120 e. The fourth-order valence-electron chi connectivity index (χ4n) is 6.74. The first-order chi connectivity index (χ1) is 10.3. The number of hydrogen-bond donors (Lipinski definition) is 0. The van der Waals surface area contributed by atoms with Crippen molar-refractivity contribution in [2.24, 2.45) is 40.4 Å². The van der Waals surface area contributed by atoms with Crippen LogP contribution in [0.1, 0.15) is 72.6 Å². The highest BCUT2D eigenvalue weighted by Gasteiger charge is 2.58. The van der Waals surface area contributed by atoms with Gasteiger partial charge in [-0.05, 0) is 78.9 Å². The van der Waals surface area contributed by atoms with Gasteiger partial charge in [-0.3, -0.25) is 0 Å². The number of carbonyl (C=O) groups excluding carboxylic acids is 1. The van der Waals surface area contributed by atoms with E-state index in [4.69, 9.17) is 0 Å². The molecular weight excluding hydrogens is 268 g/mol. The lowest BCUT2D eigenvalue weighted by atomic mass is 9.45. The van der Waals surface area contributed by atoms with Crippen molar-refractivity contribution in [1.82, 2.24) is 0 Å². The second-order valence-corrected chi connectivity index (χ2v) is 9.22. The molecule has 3 fully saturated rings. The van der Waals surface area contributed by atoms with E-state index in [2.05, 4.69) is 34.3 Å². The molecule has 3 aliphatic carbocycles. The van der Waals surface area contributed by atoms with Gasteiger partial charge in [0.1, 0.15) is 6.29 Å². The van der Waals surface area contributed by atoms with Gasteiger partial charge in [0.05, 0.1) is 0 Å². The maximum absolute atomic E-state index is 11.0. The van der Waals surface area contributed by atoms with E-state index in [1.807, 2.05) is 0 Å². The van der Waals surface area contributed by atoms with Crippen molar-refractivity contribution in [2.45, 2.75) is 72.6 Å². The molecule has 7 atom stereocenters. The van der Waals surface area contributed by atoms with Crippen LogP contribution in [0.15, 0.2) is 12.2 Å². The number of carbonyl (C=O) groups is 1. The quantitative estimate of drug-likeness (QED) is 0.486. The van der Waals surface area contributed by atoms with Crippen molar-refractivity contribution in [3.8, 4) is 0 Å². The van der Waals surface area contributed by atoms with E-state index >= 15 is 0 Å². The molecule has 3 saturated carbocycles. The fraction of sp³-hybridized carbons (Fsp3) is 0.857.